The molecule has 0 atom stereocenters. The molecule has 1 aromatic heterocycles. The summed E-state index contributed by atoms with van der Waals surface area (Å²) >= 11 is 1.13. The van der Waals surface area contributed by atoms with Gasteiger partial charge in [-0.05, 0) is 42.0 Å². The maximum absolute atomic E-state index is 13.5. The van der Waals surface area contributed by atoms with E-state index >= 15 is 0 Å². The van der Waals surface area contributed by atoms with E-state index in [2.05, 4.69) is 15.3 Å². The van der Waals surface area contributed by atoms with Gasteiger partial charge in [-0.15, -0.1) is 0 Å². The van der Waals surface area contributed by atoms with Gasteiger partial charge in [0.1, 0.15) is 17.5 Å². The quantitative estimate of drug-likeness (QED) is 0.667. The summed E-state index contributed by atoms with van der Waals surface area (Å²) in [7, 11) is 0. The van der Waals surface area contributed by atoms with E-state index in [9.17, 15) is 18.0 Å². The van der Waals surface area contributed by atoms with Gasteiger partial charge in [-0.25, -0.2) is 18.2 Å². The lowest BCUT2D eigenvalue weighted by molar-refractivity contribution is -0.113. The van der Waals surface area contributed by atoms with Gasteiger partial charge in [0, 0.05) is 6.07 Å². The Hall–Kier alpha value is -2.74. The van der Waals surface area contributed by atoms with E-state index in [1.54, 1.807) is 18.3 Å². The van der Waals surface area contributed by atoms with Crippen LogP contribution in [0.1, 0.15) is 0 Å². The van der Waals surface area contributed by atoms with Crippen LogP contribution in [-0.4, -0.2) is 21.6 Å². The van der Waals surface area contributed by atoms with Gasteiger partial charge in [0.05, 0.1) is 23.3 Å². The lowest BCUT2D eigenvalue weighted by Crippen LogP contribution is -2.15. The second kappa shape index (κ2) is 7.43. The Morgan fingerprint density at radius 3 is 2.52 bits per heavy atom. The molecule has 3 rings (SSSR count). The Kier molecular flexibility index (Phi) is 5.08. The van der Waals surface area contributed by atoms with E-state index < -0.39 is 17.5 Å². The van der Waals surface area contributed by atoms with E-state index in [-0.39, 0.29) is 17.3 Å². The van der Waals surface area contributed by atoms with E-state index in [1.165, 1.54) is 12.1 Å². The summed E-state index contributed by atoms with van der Waals surface area (Å²) in [5.74, 6) is -2.34. The van der Waals surface area contributed by atoms with Crippen molar-refractivity contribution in [1.29, 1.82) is 0 Å². The van der Waals surface area contributed by atoms with E-state index in [1.807, 2.05) is 0 Å². The first-order chi connectivity index (χ1) is 12.0. The fourth-order valence-electron chi connectivity index (χ4n) is 2.06. The highest BCUT2D eigenvalue weighted by atomic mass is 32.2. The van der Waals surface area contributed by atoms with Crippen LogP contribution in [0.2, 0.25) is 0 Å². The largest absolute Gasteiger partial charge is 0.333 e. The van der Waals surface area contributed by atoms with Crippen LogP contribution >= 0.6 is 11.8 Å². The number of carbonyl (C=O) groups is 1. The number of imidazole rings is 1. The minimum absolute atomic E-state index is 0.00676. The standard InChI is InChI=1S/C17H12F3N3OS/c18-11-3-1-10(2-4-11)15-8-21-17(23-15)25-9-16(24)22-14-6-5-12(19)7-13(14)20/h1-8H,9H2,(H,21,23)(H,22,24). The van der Waals surface area contributed by atoms with Crippen LogP contribution < -0.4 is 5.32 Å². The molecule has 0 saturated heterocycles. The highest BCUT2D eigenvalue weighted by Crippen LogP contribution is 2.22. The highest BCUT2D eigenvalue weighted by molar-refractivity contribution is 7.99. The van der Waals surface area contributed by atoms with E-state index in [4.69, 9.17) is 0 Å². The zero-order chi connectivity index (χ0) is 17.8. The summed E-state index contributed by atoms with van der Waals surface area (Å²) in [6.45, 7) is 0. The highest BCUT2D eigenvalue weighted by Gasteiger charge is 2.10. The molecule has 4 nitrogen and oxygen atoms in total. The van der Waals surface area contributed by atoms with Gasteiger partial charge < -0.3 is 10.3 Å². The summed E-state index contributed by atoms with van der Waals surface area (Å²) in [6.07, 6.45) is 1.58. The number of halogens is 3. The summed E-state index contributed by atoms with van der Waals surface area (Å²) in [5.41, 5.74) is 1.37. The molecule has 8 heteroatoms. The van der Waals surface area contributed by atoms with Crippen LogP contribution in [0.5, 0.6) is 0 Å². The number of aromatic amines is 1. The molecule has 3 aromatic rings. The molecule has 1 amide bonds. The number of anilines is 1. The summed E-state index contributed by atoms with van der Waals surface area (Å²) in [6, 6.07) is 8.83. The summed E-state index contributed by atoms with van der Waals surface area (Å²) in [5, 5.41) is 2.86. The average Bonchev–Trinajstić information content (AvgIpc) is 3.05. The molecule has 1 heterocycles. The molecule has 0 saturated carbocycles. The molecule has 0 aliphatic rings. The van der Waals surface area contributed by atoms with Crippen molar-refractivity contribution < 1.29 is 18.0 Å². The monoisotopic (exact) mass is 363 g/mol. The number of amides is 1. The Morgan fingerprint density at radius 1 is 1.08 bits per heavy atom. The lowest BCUT2D eigenvalue weighted by Gasteiger charge is -2.05. The first-order valence-electron chi connectivity index (χ1n) is 7.20. The number of benzene rings is 2. The zero-order valence-corrected chi connectivity index (χ0v) is 13.5. The molecule has 0 unspecified atom stereocenters. The van der Waals surface area contributed by atoms with Crippen LogP contribution in [0.3, 0.4) is 0 Å². The number of nitrogens with one attached hydrogen (secondary N) is 2. The van der Waals surface area contributed by atoms with Crippen molar-refractivity contribution in [2.75, 3.05) is 11.1 Å². The number of hydrogen-bond donors (Lipinski definition) is 2. The van der Waals surface area contributed by atoms with Gasteiger partial charge in [-0.2, -0.15) is 0 Å². The molecular formula is C17H12F3N3OS. The second-order valence-corrected chi connectivity index (χ2v) is 6.03. The predicted molar refractivity (Wildman–Crippen MR) is 89.7 cm³/mol. The molecule has 25 heavy (non-hydrogen) atoms. The molecular weight excluding hydrogens is 351 g/mol. The number of rotatable bonds is 5. The van der Waals surface area contributed by atoms with Gasteiger partial charge in [-0.3, -0.25) is 4.79 Å². The maximum atomic E-state index is 13.5. The van der Waals surface area contributed by atoms with Crippen molar-refractivity contribution in [2.45, 2.75) is 5.16 Å². The number of thioether (sulfide) groups is 1. The van der Waals surface area contributed by atoms with Crippen LogP contribution in [0, 0.1) is 17.5 Å². The van der Waals surface area contributed by atoms with Gasteiger partial charge >= 0.3 is 0 Å². The Balaban J connectivity index is 1.58. The van der Waals surface area contributed by atoms with E-state index in [0.717, 1.165) is 29.5 Å². The van der Waals surface area contributed by atoms with Crippen molar-refractivity contribution >= 4 is 23.4 Å². The Labute approximate surface area is 145 Å². The molecule has 0 aliphatic heterocycles. The van der Waals surface area contributed by atoms with Crippen LogP contribution in [-0.2, 0) is 4.79 Å². The van der Waals surface area contributed by atoms with Crippen molar-refractivity contribution in [3.8, 4) is 11.3 Å². The second-order valence-electron chi connectivity index (χ2n) is 5.07. The first kappa shape index (κ1) is 17.1. The Morgan fingerprint density at radius 2 is 1.80 bits per heavy atom. The third-order valence-corrected chi connectivity index (χ3v) is 4.14. The number of nitrogens with zero attached hydrogens (tertiary/aromatic N) is 1. The van der Waals surface area contributed by atoms with Gasteiger partial charge in [0.2, 0.25) is 5.91 Å². The SMILES string of the molecule is O=C(CSc1ncc(-c2ccc(F)cc2)[nH]1)Nc1ccc(F)cc1F. The van der Waals surface area contributed by atoms with Crippen LogP contribution in [0.25, 0.3) is 11.3 Å². The molecule has 2 N–H and O–H groups in total. The van der Waals surface area contributed by atoms with Crippen molar-refractivity contribution in [3.05, 3.63) is 66.1 Å². The Bertz CT molecular complexity index is 896. The van der Waals surface area contributed by atoms with Gasteiger partial charge in [-0.1, -0.05) is 11.8 Å². The molecule has 2 aromatic carbocycles. The van der Waals surface area contributed by atoms with E-state index in [0.29, 0.717) is 16.9 Å². The van der Waals surface area contributed by atoms with Crippen molar-refractivity contribution in [1.82, 2.24) is 9.97 Å². The molecule has 0 radical (unpaired) electrons. The third-order valence-electron chi connectivity index (χ3n) is 3.25. The molecule has 128 valence electrons. The number of aromatic nitrogens is 2. The normalized spacial score (nSPS) is 10.7. The zero-order valence-electron chi connectivity index (χ0n) is 12.7. The lowest BCUT2D eigenvalue weighted by atomic mass is 10.2. The minimum atomic E-state index is -0.838. The van der Waals surface area contributed by atoms with Crippen LogP contribution in [0.4, 0.5) is 18.9 Å². The minimum Gasteiger partial charge on any atom is -0.333 e. The van der Waals surface area contributed by atoms with Gasteiger partial charge in [0.15, 0.2) is 5.16 Å². The molecule has 0 bridgehead atoms. The molecule has 0 aliphatic carbocycles. The van der Waals surface area contributed by atoms with Crippen molar-refractivity contribution in [3.63, 3.8) is 0 Å². The molecule has 0 fully saturated rings. The van der Waals surface area contributed by atoms with Crippen LogP contribution in [0.15, 0.2) is 53.8 Å². The van der Waals surface area contributed by atoms with Gasteiger partial charge in [0.25, 0.3) is 0 Å². The fraction of sp³-hybridized carbons (Fsp3) is 0.0588. The summed E-state index contributed by atoms with van der Waals surface area (Å²) < 4.78 is 39.2. The van der Waals surface area contributed by atoms with Crippen molar-refractivity contribution in [2.24, 2.45) is 0 Å². The first-order valence-corrected chi connectivity index (χ1v) is 8.18. The summed E-state index contributed by atoms with van der Waals surface area (Å²) in [4.78, 5) is 19.0. The third kappa shape index (κ3) is 4.42. The fourth-order valence-corrected chi connectivity index (χ4v) is 2.71. The smallest absolute Gasteiger partial charge is 0.234 e. The number of carbonyl (C=O) groups excluding carboxylic acids is 1. The topological polar surface area (TPSA) is 57.8 Å². The molecule has 0 spiro atoms. The predicted octanol–water partition coefficient (Wildman–Crippen LogP) is 4.22. The average molecular weight is 363 g/mol. The number of hydrogen-bond acceptors (Lipinski definition) is 3. The maximum Gasteiger partial charge on any atom is 0.234 e. The number of H-pyrrole nitrogens is 1.